The number of rotatable bonds is 6. The molecule has 0 aromatic carbocycles. The summed E-state index contributed by atoms with van der Waals surface area (Å²) in [5.41, 5.74) is 2.42. The lowest BCUT2D eigenvalue weighted by atomic mass is 10.1. The zero-order valence-corrected chi connectivity index (χ0v) is 19.4. The predicted molar refractivity (Wildman–Crippen MR) is 122 cm³/mol. The number of hydrogen-bond donors (Lipinski definition) is 4. The molecule has 12 nitrogen and oxygen atoms in total. The van der Waals surface area contributed by atoms with Crippen molar-refractivity contribution < 1.29 is 22.4 Å². The highest BCUT2D eigenvalue weighted by molar-refractivity contribution is 7.85. The molecule has 1 saturated heterocycles. The van der Waals surface area contributed by atoms with Gasteiger partial charge in [-0.1, -0.05) is 0 Å². The highest BCUT2D eigenvalue weighted by Gasteiger charge is 2.16. The van der Waals surface area contributed by atoms with E-state index in [0.29, 0.717) is 29.7 Å². The zero-order valence-electron chi connectivity index (χ0n) is 18.6. The molecule has 0 spiro atoms. The zero-order chi connectivity index (χ0) is 23.8. The fourth-order valence-corrected chi connectivity index (χ4v) is 3.10. The molecule has 1 fully saturated rings. The molecule has 0 radical (unpaired) electrons. The van der Waals surface area contributed by atoms with Crippen LogP contribution < -0.4 is 20.1 Å². The van der Waals surface area contributed by atoms with Crippen molar-refractivity contribution in [2.75, 3.05) is 31.8 Å². The van der Waals surface area contributed by atoms with Crippen LogP contribution in [0.4, 0.5) is 11.6 Å². The van der Waals surface area contributed by atoms with Crippen molar-refractivity contribution in [3.63, 3.8) is 0 Å². The van der Waals surface area contributed by atoms with Gasteiger partial charge in [0.25, 0.3) is 10.1 Å². The molecule has 1 atom stereocenters. The van der Waals surface area contributed by atoms with Gasteiger partial charge in [0.15, 0.2) is 5.82 Å². The van der Waals surface area contributed by atoms with Gasteiger partial charge in [-0.25, -0.2) is 4.98 Å². The van der Waals surface area contributed by atoms with E-state index in [4.69, 9.17) is 14.0 Å². The largest absolute Gasteiger partial charge is 0.480 e. The molecule has 13 heteroatoms. The topological polar surface area (TPSA) is 164 Å². The summed E-state index contributed by atoms with van der Waals surface area (Å²) in [7, 11) is -2.07. The first-order valence-electron chi connectivity index (χ1n) is 10.2. The Labute approximate surface area is 191 Å². The molecule has 178 valence electrons. The lowest BCUT2D eigenvalue weighted by Gasteiger charge is -2.23. The molecule has 1 aliphatic rings. The first kappa shape index (κ1) is 24.4. The van der Waals surface area contributed by atoms with Gasteiger partial charge in [-0.05, 0) is 38.4 Å². The van der Waals surface area contributed by atoms with Crippen LogP contribution in [-0.4, -0.2) is 70.7 Å². The molecule has 0 saturated carbocycles. The first-order chi connectivity index (χ1) is 15.7. The van der Waals surface area contributed by atoms with Crippen LogP contribution in [0.25, 0.3) is 11.3 Å². The highest BCUT2D eigenvalue weighted by Crippen LogP contribution is 2.29. The molecule has 1 aliphatic heterocycles. The molecule has 4 N–H and O–H groups in total. The molecule has 33 heavy (non-hydrogen) atoms. The number of aromatic amines is 1. The Morgan fingerprint density at radius 2 is 2.03 bits per heavy atom. The summed E-state index contributed by atoms with van der Waals surface area (Å²) in [6, 6.07) is 5.73. The van der Waals surface area contributed by atoms with Gasteiger partial charge in [-0.3, -0.25) is 14.6 Å². The second kappa shape index (κ2) is 11.0. The van der Waals surface area contributed by atoms with Crippen LogP contribution in [0.3, 0.4) is 0 Å². The van der Waals surface area contributed by atoms with Gasteiger partial charge in [0, 0.05) is 18.3 Å². The number of aryl methyl sites for hydroxylation is 1. The van der Waals surface area contributed by atoms with Gasteiger partial charge >= 0.3 is 0 Å². The number of methoxy groups -OCH3 is 1. The van der Waals surface area contributed by atoms with Crippen LogP contribution in [-0.2, 0) is 10.1 Å². The summed E-state index contributed by atoms with van der Waals surface area (Å²) >= 11 is 0. The fourth-order valence-electron chi connectivity index (χ4n) is 3.10. The minimum absolute atomic E-state index is 0.124. The van der Waals surface area contributed by atoms with Crippen LogP contribution in [0.5, 0.6) is 11.8 Å². The van der Waals surface area contributed by atoms with E-state index in [-0.39, 0.29) is 6.10 Å². The third-order valence-corrected chi connectivity index (χ3v) is 4.46. The van der Waals surface area contributed by atoms with Crippen LogP contribution in [0, 0.1) is 6.92 Å². The van der Waals surface area contributed by atoms with E-state index in [1.807, 2.05) is 25.1 Å². The third kappa shape index (κ3) is 7.97. The van der Waals surface area contributed by atoms with E-state index < -0.39 is 10.1 Å². The van der Waals surface area contributed by atoms with E-state index in [1.54, 1.807) is 19.5 Å². The standard InChI is InChI=1S/C19H23N7O2.CH4O3S/c1-12-5-6-14(19(22-12)27-2)15-8-16(26-25-15)23-17-10-21-11-18(24-17)28-13-4-3-7-20-9-13;1-5(2,3)4/h5-6,8,10-11,13,20H,3-4,7,9H2,1-2H3,(H2,23,24,25,26);1H3,(H,2,3,4)/t13-;/m1./s1. The second-order valence-electron chi connectivity index (χ2n) is 7.36. The molecular weight excluding hydrogens is 450 g/mol. The minimum Gasteiger partial charge on any atom is -0.480 e. The van der Waals surface area contributed by atoms with Crippen LogP contribution in [0.1, 0.15) is 18.5 Å². The molecule has 0 unspecified atom stereocenters. The number of hydrogen-bond acceptors (Lipinski definition) is 10. The summed E-state index contributed by atoms with van der Waals surface area (Å²) in [5, 5.41) is 13.8. The SMILES string of the molecule is COc1nc(C)ccc1-c1cc(Nc2cncc(O[C@@H]3CCCNC3)n2)[nH]n1.CS(=O)(=O)O. The van der Waals surface area contributed by atoms with Crippen LogP contribution >= 0.6 is 0 Å². The molecule has 0 amide bonds. The summed E-state index contributed by atoms with van der Waals surface area (Å²) in [6.45, 7) is 3.78. The van der Waals surface area contributed by atoms with Crippen molar-refractivity contribution in [3.05, 3.63) is 36.3 Å². The summed E-state index contributed by atoms with van der Waals surface area (Å²) in [5.74, 6) is 2.30. The quantitative estimate of drug-likeness (QED) is 0.384. The molecule has 4 heterocycles. The molecule has 0 aliphatic carbocycles. The Morgan fingerprint density at radius 3 is 2.73 bits per heavy atom. The summed E-state index contributed by atoms with van der Waals surface area (Å²) in [4.78, 5) is 13.1. The van der Waals surface area contributed by atoms with Crippen molar-refractivity contribution in [2.45, 2.75) is 25.9 Å². The number of anilines is 2. The third-order valence-electron chi connectivity index (χ3n) is 4.46. The molecular formula is C20H27N7O5S. The van der Waals surface area contributed by atoms with Crippen molar-refractivity contribution in [2.24, 2.45) is 0 Å². The van der Waals surface area contributed by atoms with E-state index in [1.165, 1.54) is 0 Å². The van der Waals surface area contributed by atoms with Crippen LogP contribution in [0.15, 0.2) is 30.6 Å². The van der Waals surface area contributed by atoms with Gasteiger partial charge in [-0.15, -0.1) is 0 Å². The maximum Gasteiger partial charge on any atom is 0.261 e. The minimum atomic E-state index is -3.67. The van der Waals surface area contributed by atoms with Crippen molar-refractivity contribution >= 4 is 21.8 Å². The highest BCUT2D eigenvalue weighted by atomic mass is 32.2. The molecule has 4 rings (SSSR count). The maximum absolute atomic E-state index is 9.19. The smallest absolute Gasteiger partial charge is 0.261 e. The Balaban J connectivity index is 0.000000555. The summed E-state index contributed by atoms with van der Waals surface area (Å²) in [6.07, 6.45) is 6.22. The Kier molecular flexibility index (Phi) is 8.14. The second-order valence-corrected chi connectivity index (χ2v) is 8.83. The van der Waals surface area contributed by atoms with Crippen molar-refractivity contribution in [1.29, 1.82) is 0 Å². The first-order valence-corrected chi connectivity index (χ1v) is 12.0. The maximum atomic E-state index is 9.19. The van der Waals surface area contributed by atoms with Crippen molar-refractivity contribution in [3.8, 4) is 23.0 Å². The number of aromatic nitrogens is 5. The lowest BCUT2D eigenvalue weighted by molar-refractivity contribution is 0.160. The Morgan fingerprint density at radius 1 is 1.24 bits per heavy atom. The Hall–Kier alpha value is -3.29. The summed E-state index contributed by atoms with van der Waals surface area (Å²) < 4.78 is 37.2. The van der Waals surface area contributed by atoms with E-state index in [2.05, 4.69) is 35.8 Å². The molecule has 0 bridgehead atoms. The monoisotopic (exact) mass is 477 g/mol. The predicted octanol–water partition coefficient (Wildman–Crippen LogP) is 1.96. The number of nitrogens with one attached hydrogen (secondary N) is 3. The van der Waals surface area contributed by atoms with Gasteiger partial charge < -0.3 is 20.1 Å². The fraction of sp³-hybridized carbons (Fsp3) is 0.400. The van der Waals surface area contributed by atoms with Crippen molar-refractivity contribution in [1.82, 2.24) is 30.5 Å². The van der Waals surface area contributed by atoms with Crippen LogP contribution in [0.2, 0.25) is 0 Å². The average molecular weight is 478 g/mol. The Bertz CT molecular complexity index is 1160. The normalized spacial score (nSPS) is 15.8. The number of pyridine rings is 1. The lowest BCUT2D eigenvalue weighted by Crippen LogP contribution is -2.37. The number of nitrogens with zero attached hydrogens (tertiary/aromatic N) is 4. The number of H-pyrrole nitrogens is 1. The molecule has 3 aromatic rings. The van der Waals surface area contributed by atoms with Gasteiger partial charge in [0.2, 0.25) is 11.8 Å². The van der Waals surface area contributed by atoms with Gasteiger partial charge in [0.05, 0.1) is 37.0 Å². The average Bonchev–Trinajstić information content (AvgIpc) is 3.21. The number of ether oxygens (including phenoxy) is 2. The van der Waals surface area contributed by atoms with E-state index in [9.17, 15) is 8.42 Å². The van der Waals surface area contributed by atoms with E-state index >= 15 is 0 Å². The van der Waals surface area contributed by atoms with Gasteiger partial charge in [-0.2, -0.15) is 18.5 Å². The van der Waals surface area contributed by atoms with Gasteiger partial charge in [0.1, 0.15) is 11.9 Å². The van der Waals surface area contributed by atoms with E-state index in [0.717, 1.165) is 42.9 Å². The number of piperidine rings is 1. The molecule has 3 aromatic heterocycles.